The molecule has 1 atom stereocenters. The second kappa shape index (κ2) is 6.44. The maximum atomic E-state index is 12.2. The van der Waals surface area contributed by atoms with Crippen LogP contribution in [0.5, 0.6) is 0 Å². The van der Waals surface area contributed by atoms with Crippen LogP contribution in [0.25, 0.3) is 0 Å². The van der Waals surface area contributed by atoms with Gasteiger partial charge in [0, 0.05) is 11.6 Å². The minimum atomic E-state index is -0.0487. The summed E-state index contributed by atoms with van der Waals surface area (Å²) in [5, 5.41) is 3.33. The van der Waals surface area contributed by atoms with E-state index in [4.69, 9.17) is 0 Å². The Morgan fingerprint density at radius 1 is 1.25 bits per heavy atom. The van der Waals surface area contributed by atoms with E-state index in [0.29, 0.717) is 6.04 Å². The van der Waals surface area contributed by atoms with Gasteiger partial charge in [-0.25, -0.2) is 0 Å². The molecule has 1 aromatic rings. The van der Waals surface area contributed by atoms with Gasteiger partial charge in [-0.2, -0.15) is 0 Å². The molecule has 0 unspecified atom stereocenters. The summed E-state index contributed by atoms with van der Waals surface area (Å²) in [6.07, 6.45) is 1.91. The molecule has 2 nitrogen and oxygen atoms in total. The van der Waals surface area contributed by atoms with Crippen molar-refractivity contribution < 1.29 is 4.79 Å². The van der Waals surface area contributed by atoms with Gasteiger partial charge in [-0.3, -0.25) is 4.79 Å². The molecule has 1 aromatic carbocycles. The molecule has 0 saturated heterocycles. The van der Waals surface area contributed by atoms with Crippen molar-refractivity contribution in [2.75, 3.05) is 0 Å². The Morgan fingerprint density at radius 2 is 1.88 bits per heavy atom. The number of hydrogen-bond donors (Lipinski definition) is 1. The topological polar surface area (TPSA) is 29.1 Å². The highest BCUT2D eigenvalue weighted by molar-refractivity contribution is 6.00. The lowest BCUT2D eigenvalue weighted by molar-refractivity contribution is 0.0932. The van der Waals surface area contributed by atoms with Gasteiger partial charge >= 0.3 is 0 Å². The van der Waals surface area contributed by atoms with Crippen LogP contribution in [0, 0.1) is 0 Å². The SMILES string of the molecule is CCC[C@@H](NC(C)C)C(=O)c1ccccc1. The molecule has 16 heavy (non-hydrogen) atoms. The fourth-order valence-electron chi connectivity index (χ4n) is 1.78. The van der Waals surface area contributed by atoms with Crippen molar-refractivity contribution in [1.29, 1.82) is 0 Å². The zero-order valence-electron chi connectivity index (χ0n) is 10.4. The Morgan fingerprint density at radius 3 is 2.38 bits per heavy atom. The highest BCUT2D eigenvalue weighted by Gasteiger charge is 2.19. The number of Topliss-reactive ketones (excluding diaryl/α,β-unsaturated/α-hetero) is 1. The summed E-state index contributed by atoms with van der Waals surface area (Å²) in [5.74, 6) is 0.205. The molecule has 0 aromatic heterocycles. The van der Waals surface area contributed by atoms with E-state index in [9.17, 15) is 4.79 Å². The highest BCUT2D eigenvalue weighted by Crippen LogP contribution is 2.08. The van der Waals surface area contributed by atoms with E-state index < -0.39 is 0 Å². The molecule has 0 aliphatic heterocycles. The van der Waals surface area contributed by atoms with Crippen LogP contribution in [0.3, 0.4) is 0 Å². The van der Waals surface area contributed by atoms with Crippen molar-refractivity contribution in [1.82, 2.24) is 5.32 Å². The summed E-state index contributed by atoms with van der Waals surface area (Å²) in [7, 11) is 0. The van der Waals surface area contributed by atoms with Crippen LogP contribution in [0.15, 0.2) is 30.3 Å². The second-order valence-electron chi connectivity index (χ2n) is 4.39. The Balaban J connectivity index is 2.74. The summed E-state index contributed by atoms with van der Waals surface area (Å²) in [4.78, 5) is 12.2. The lowest BCUT2D eigenvalue weighted by atomic mass is 10.00. The van der Waals surface area contributed by atoms with Gasteiger partial charge in [-0.15, -0.1) is 0 Å². The van der Waals surface area contributed by atoms with Crippen molar-refractivity contribution in [3.05, 3.63) is 35.9 Å². The van der Waals surface area contributed by atoms with E-state index in [0.717, 1.165) is 18.4 Å². The lowest BCUT2D eigenvalue weighted by Crippen LogP contribution is -2.40. The summed E-state index contributed by atoms with van der Waals surface area (Å²) in [5.41, 5.74) is 0.800. The van der Waals surface area contributed by atoms with Crippen LogP contribution in [-0.2, 0) is 0 Å². The highest BCUT2D eigenvalue weighted by atomic mass is 16.1. The van der Waals surface area contributed by atoms with E-state index in [1.807, 2.05) is 30.3 Å². The molecule has 0 radical (unpaired) electrons. The summed E-state index contributed by atoms with van der Waals surface area (Å²) >= 11 is 0. The molecule has 0 aliphatic rings. The third-order valence-corrected chi connectivity index (χ3v) is 2.49. The second-order valence-corrected chi connectivity index (χ2v) is 4.39. The first kappa shape index (κ1) is 12.9. The average molecular weight is 219 g/mol. The van der Waals surface area contributed by atoms with E-state index in [1.54, 1.807) is 0 Å². The van der Waals surface area contributed by atoms with Crippen molar-refractivity contribution in [3.8, 4) is 0 Å². The molecular formula is C14H21NO. The third kappa shape index (κ3) is 3.78. The zero-order valence-corrected chi connectivity index (χ0v) is 10.4. The number of benzene rings is 1. The van der Waals surface area contributed by atoms with Gasteiger partial charge in [-0.1, -0.05) is 57.5 Å². The van der Waals surface area contributed by atoms with Crippen molar-refractivity contribution in [2.45, 2.75) is 45.7 Å². The first-order valence-electron chi connectivity index (χ1n) is 6.00. The molecule has 0 bridgehead atoms. The summed E-state index contributed by atoms with van der Waals surface area (Å²) < 4.78 is 0. The number of carbonyl (C=O) groups excluding carboxylic acids is 1. The van der Waals surface area contributed by atoms with Gasteiger partial charge in [-0.05, 0) is 6.42 Å². The standard InChI is InChI=1S/C14H21NO/c1-4-8-13(15-11(2)3)14(16)12-9-6-5-7-10-12/h5-7,9-11,13,15H,4,8H2,1-3H3/t13-/m1/s1. The van der Waals surface area contributed by atoms with Gasteiger partial charge in [0.1, 0.15) is 0 Å². The van der Waals surface area contributed by atoms with E-state index in [-0.39, 0.29) is 11.8 Å². The van der Waals surface area contributed by atoms with Crippen LogP contribution >= 0.6 is 0 Å². The molecule has 0 heterocycles. The van der Waals surface area contributed by atoms with Crippen molar-refractivity contribution >= 4 is 5.78 Å². The van der Waals surface area contributed by atoms with Crippen molar-refractivity contribution in [3.63, 3.8) is 0 Å². The van der Waals surface area contributed by atoms with E-state index in [2.05, 4.69) is 26.1 Å². The first-order chi connectivity index (χ1) is 7.65. The molecule has 1 N–H and O–H groups in total. The number of nitrogens with one attached hydrogen (secondary N) is 1. The molecule has 88 valence electrons. The Kier molecular flexibility index (Phi) is 5.20. The minimum absolute atomic E-state index is 0.0487. The van der Waals surface area contributed by atoms with Gasteiger partial charge in [0.15, 0.2) is 5.78 Å². The molecule has 1 rings (SSSR count). The summed E-state index contributed by atoms with van der Waals surface area (Å²) in [6.45, 7) is 6.25. The quantitative estimate of drug-likeness (QED) is 0.745. The van der Waals surface area contributed by atoms with E-state index >= 15 is 0 Å². The fourth-order valence-corrected chi connectivity index (χ4v) is 1.78. The average Bonchev–Trinajstić information content (AvgIpc) is 2.28. The molecule has 0 amide bonds. The molecule has 0 spiro atoms. The Hall–Kier alpha value is -1.15. The van der Waals surface area contributed by atoms with Gasteiger partial charge < -0.3 is 5.32 Å². The maximum Gasteiger partial charge on any atom is 0.179 e. The molecule has 0 aliphatic carbocycles. The zero-order chi connectivity index (χ0) is 12.0. The molecule has 2 heteroatoms. The van der Waals surface area contributed by atoms with Crippen LogP contribution in [0.1, 0.15) is 44.0 Å². The smallest absolute Gasteiger partial charge is 0.179 e. The number of ketones is 1. The lowest BCUT2D eigenvalue weighted by Gasteiger charge is -2.19. The number of rotatable bonds is 6. The molecular weight excluding hydrogens is 198 g/mol. The third-order valence-electron chi connectivity index (χ3n) is 2.49. The Bertz CT molecular complexity index is 319. The van der Waals surface area contributed by atoms with Crippen LogP contribution < -0.4 is 5.32 Å². The molecule has 0 saturated carbocycles. The largest absolute Gasteiger partial charge is 0.305 e. The van der Waals surface area contributed by atoms with Gasteiger partial charge in [0.05, 0.1) is 6.04 Å². The van der Waals surface area contributed by atoms with Crippen LogP contribution in [-0.4, -0.2) is 17.9 Å². The van der Waals surface area contributed by atoms with Crippen molar-refractivity contribution in [2.24, 2.45) is 0 Å². The maximum absolute atomic E-state index is 12.2. The number of hydrogen-bond acceptors (Lipinski definition) is 2. The van der Waals surface area contributed by atoms with Gasteiger partial charge in [0.2, 0.25) is 0 Å². The van der Waals surface area contributed by atoms with Gasteiger partial charge in [0.25, 0.3) is 0 Å². The summed E-state index contributed by atoms with van der Waals surface area (Å²) in [6, 6.07) is 9.80. The van der Waals surface area contributed by atoms with Crippen LogP contribution in [0.2, 0.25) is 0 Å². The fraction of sp³-hybridized carbons (Fsp3) is 0.500. The predicted molar refractivity (Wildman–Crippen MR) is 67.7 cm³/mol. The monoisotopic (exact) mass is 219 g/mol. The molecule has 0 fully saturated rings. The van der Waals surface area contributed by atoms with Crippen LogP contribution in [0.4, 0.5) is 0 Å². The first-order valence-corrected chi connectivity index (χ1v) is 6.00. The Labute approximate surface area is 98.1 Å². The minimum Gasteiger partial charge on any atom is -0.305 e. The number of carbonyl (C=O) groups is 1. The predicted octanol–water partition coefficient (Wildman–Crippen LogP) is 3.04. The van der Waals surface area contributed by atoms with E-state index in [1.165, 1.54) is 0 Å². The normalized spacial score (nSPS) is 12.8.